The first-order valence-corrected chi connectivity index (χ1v) is 5.62. The molecule has 4 heteroatoms. The van der Waals surface area contributed by atoms with Gasteiger partial charge < -0.3 is 14.2 Å². The largest absolute Gasteiger partial charge is 0.377 e. The average Bonchev–Trinajstić information content (AvgIpc) is 2.27. The Morgan fingerprint density at radius 3 is 2.60 bits per heavy atom. The summed E-state index contributed by atoms with van der Waals surface area (Å²) in [5, 5.41) is 0. The zero-order valence-corrected chi connectivity index (χ0v) is 10.1. The summed E-state index contributed by atoms with van der Waals surface area (Å²) in [4.78, 5) is 2.20. The molecule has 1 unspecified atom stereocenters. The van der Waals surface area contributed by atoms with Crippen LogP contribution in [0, 0.1) is 0 Å². The van der Waals surface area contributed by atoms with Gasteiger partial charge in [-0.3, -0.25) is 4.90 Å². The molecule has 1 saturated heterocycles. The Labute approximate surface area is 92.5 Å². The molecule has 1 heterocycles. The molecular weight excluding hydrogens is 194 g/mol. The van der Waals surface area contributed by atoms with Crippen LogP contribution in [0.2, 0.25) is 0 Å². The van der Waals surface area contributed by atoms with E-state index in [4.69, 9.17) is 14.2 Å². The number of hydrogen-bond acceptors (Lipinski definition) is 4. The average molecular weight is 217 g/mol. The molecule has 0 amide bonds. The maximum Gasteiger partial charge on any atom is 0.169 e. The van der Waals surface area contributed by atoms with Gasteiger partial charge in [0.15, 0.2) is 6.29 Å². The summed E-state index contributed by atoms with van der Waals surface area (Å²) in [5.74, 6) is 0. The summed E-state index contributed by atoms with van der Waals surface area (Å²) in [6.45, 7) is 2.66. The molecule has 0 aromatic carbocycles. The summed E-state index contributed by atoms with van der Waals surface area (Å²) < 4.78 is 16.0. The monoisotopic (exact) mass is 217 g/mol. The van der Waals surface area contributed by atoms with Crippen LogP contribution in [0.3, 0.4) is 0 Å². The molecule has 1 rings (SSSR count). The van der Waals surface area contributed by atoms with Gasteiger partial charge in [0.25, 0.3) is 0 Å². The molecular formula is C11H23NO3. The predicted molar refractivity (Wildman–Crippen MR) is 58.9 cm³/mol. The lowest BCUT2D eigenvalue weighted by Gasteiger charge is -2.28. The molecule has 15 heavy (non-hydrogen) atoms. The minimum Gasteiger partial charge on any atom is -0.377 e. The van der Waals surface area contributed by atoms with Crippen LogP contribution in [0.4, 0.5) is 0 Å². The van der Waals surface area contributed by atoms with E-state index in [2.05, 4.69) is 11.9 Å². The van der Waals surface area contributed by atoms with Crippen molar-refractivity contribution in [1.29, 1.82) is 0 Å². The van der Waals surface area contributed by atoms with Gasteiger partial charge in [-0.25, -0.2) is 0 Å². The molecule has 0 N–H and O–H groups in total. The van der Waals surface area contributed by atoms with Crippen LogP contribution in [-0.4, -0.2) is 58.3 Å². The summed E-state index contributed by atoms with van der Waals surface area (Å²) in [7, 11) is 5.40. The van der Waals surface area contributed by atoms with Crippen molar-refractivity contribution in [2.24, 2.45) is 0 Å². The molecule has 0 aliphatic carbocycles. The van der Waals surface area contributed by atoms with Crippen molar-refractivity contribution in [2.75, 3.05) is 41.0 Å². The number of ether oxygens (including phenoxy) is 3. The fourth-order valence-corrected chi connectivity index (χ4v) is 1.87. The fourth-order valence-electron chi connectivity index (χ4n) is 1.87. The number of likely N-dealkylation sites (N-methyl/N-ethyl adjacent to an activating group) is 1. The lowest BCUT2D eigenvalue weighted by Crippen LogP contribution is -2.38. The van der Waals surface area contributed by atoms with Crippen LogP contribution >= 0.6 is 0 Å². The highest BCUT2D eigenvalue weighted by Gasteiger charge is 2.17. The number of rotatable bonds is 6. The lowest BCUT2D eigenvalue weighted by molar-refractivity contribution is -0.118. The highest BCUT2D eigenvalue weighted by atomic mass is 16.7. The third kappa shape index (κ3) is 4.93. The van der Waals surface area contributed by atoms with Gasteiger partial charge in [-0.05, 0) is 26.3 Å². The van der Waals surface area contributed by atoms with E-state index in [1.54, 1.807) is 14.2 Å². The smallest absolute Gasteiger partial charge is 0.169 e. The van der Waals surface area contributed by atoms with Crippen LogP contribution in [0.1, 0.15) is 19.3 Å². The van der Waals surface area contributed by atoms with Gasteiger partial charge in [-0.1, -0.05) is 0 Å². The van der Waals surface area contributed by atoms with Gasteiger partial charge in [-0.2, -0.15) is 0 Å². The van der Waals surface area contributed by atoms with Gasteiger partial charge in [0.1, 0.15) is 0 Å². The standard InChI is InChI=1S/C11H23NO3/c1-12(9-11(13-2)14-3)8-10-6-4-5-7-15-10/h10-11H,4-9H2,1-3H3. The van der Waals surface area contributed by atoms with Gasteiger partial charge in [0, 0.05) is 33.9 Å². The highest BCUT2D eigenvalue weighted by Crippen LogP contribution is 2.13. The third-order valence-electron chi connectivity index (χ3n) is 2.78. The third-order valence-corrected chi connectivity index (χ3v) is 2.78. The van der Waals surface area contributed by atoms with Crippen molar-refractivity contribution in [1.82, 2.24) is 4.90 Å². The highest BCUT2D eigenvalue weighted by molar-refractivity contribution is 4.68. The molecule has 1 aliphatic heterocycles. The molecule has 0 aromatic heterocycles. The van der Waals surface area contributed by atoms with E-state index in [9.17, 15) is 0 Å². The Morgan fingerprint density at radius 1 is 1.33 bits per heavy atom. The van der Waals surface area contributed by atoms with Crippen molar-refractivity contribution >= 4 is 0 Å². The van der Waals surface area contributed by atoms with E-state index in [0.29, 0.717) is 6.10 Å². The Morgan fingerprint density at radius 2 is 2.07 bits per heavy atom. The maximum absolute atomic E-state index is 5.67. The van der Waals surface area contributed by atoms with Crippen LogP contribution < -0.4 is 0 Å². The molecule has 0 spiro atoms. The van der Waals surface area contributed by atoms with E-state index in [-0.39, 0.29) is 6.29 Å². The lowest BCUT2D eigenvalue weighted by atomic mass is 10.1. The molecule has 0 radical (unpaired) electrons. The summed E-state index contributed by atoms with van der Waals surface area (Å²) >= 11 is 0. The van der Waals surface area contributed by atoms with Gasteiger partial charge in [-0.15, -0.1) is 0 Å². The molecule has 0 saturated carbocycles. The van der Waals surface area contributed by atoms with E-state index in [1.807, 2.05) is 0 Å². The first-order chi connectivity index (χ1) is 7.26. The van der Waals surface area contributed by atoms with Crippen molar-refractivity contribution in [3.63, 3.8) is 0 Å². The second-order valence-electron chi connectivity index (χ2n) is 4.11. The van der Waals surface area contributed by atoms with E-state index in [1.165, 1.54) is 19.3 Å². The molecule has 0 aromatic rings. The molecule has 0 bridgehead atoms. The minimum atomic E-state index is -0.140. The molecule has 1 atom stereocenters. The SMILES string of the molecule is COC(CN(C)CC1CCCCO1)OC. The number of methoxy groups -OCH3 is 2. The van der Waals surface area contributed by atoms with Crippen molar-refractivity contribution < 1.29 is 14.2 Å². The minimum absolute atomic E-state index is 0.140. The quantitative estimate of drug-likeness (QED) is 0.624. The molecule has 90 valence electrons. The zero-order chi connectivity index (χ0) is 11.1. The van der Waals surface area contributed by atoms with Crippen molar-refractivity contribution in [2.45, 2.75) is 31.7 Å². The Balaban J connectivity index is 2.18. The zero-order valence-electron chi connectivity index (χ0n) is 10.1. The molecule has 4 nitrogen and oxygen atoms in total. The Kier molecular flexibility index (Phi) is 6.17. The second-order valence-corrected chi connectivity index (χ2v) is 4.11. The van der Waals surface area contributed by atoms with Crippen LogP contribution in [0.5, 0.6) is 0 Å². The fraction of sp³-hybridized carbons (Fsp3) is 1.00. The van der Waals surface area contributed by atoms with E-state index < -0.39 is 0 Å². The number of hydrogen-bond donors (Lipinski definition) is 0. The first kappa shape index (κ1) is 12.9. The topological polar surface area (TPSA) is 30.9 Å². The van der Waals surface area contributed by atoms with E-state index in [0.717, 1.165) is 19.7 Å². The predicted octanol–water partition coefficient (Wildman–Crippen LogP) is 1.11. The van der Waals surface area contributed by atoms with Crippen LogP contribution in [0.25, 0.3) is 0 Å². The van der Waals surface area contributed by atoms with Gasteiger partial charge >= 0.3 is 0 Å². The first-order valence-electron chi connectivity index (χ1n) is 5.62. The summed E-state index contributed by atoms with van der Waals surface area (Å²) in [6, 6.07) is 0. The van der Waals surface area contributed by atoms with Crippen molar-refractivity contribution in [3.05, 3.63) is 0 Å². The van der Waals surface area contributed by atoms with Gasteiger partial charge in [0.2, 0.25) is 0 Å². The summed E-state index contributed by atoms with van der Waals surface area (Å²) in [5.41, 5.74) is 0. The van der Waals surface area contributed by atoms with Gasteiger partial charge in [0.05, 0.1) is 6.10 Å². The number of nitrogens with zero attached hydrogens (tertiary/aromatic N) is 1. The van der Waals surface area contributed by atoms with E-state index >= 15 is 0 Å². The normalized spacial score (nSPS) is 22.6. The molecule has 1 fully saturated rings. The second kappa shape index (κ2) is 7.17. The van der Waals surface area contributed by atoms with Crippen LogP contribution in [-0.2, 0) is 14.2 Å². The van der Waals surface area contributed by atoms with Crippen LogP contribution in [0.15, 0.2) is 0 Å². The van der Waals surface area contributed by atoms with Crippen molar-refractivity contribution in [3.8, 4) is 0 Å². The Bertz CT molecular complexity index is 156. The Hall–Kier alpha value is -0.160. The molecule has 1 aliphatic rings. The maximum atomic E-state index is 5.67. The summed E-state index contributed by atoms with van der Waals surface area (Å²) in [6.07, 6.45) is 3.92.